The lowest BCUT2D eigenvalue weighted by Crippen LogP contribution is -1.77. The Bertz CT molecular complexity index is 431. The van der Waals surface area contributed by atoms with E-state index in [1.54, 1.807) is 11.3 Å². The van der Waals surface area contributed by atoms with Crippen molar-refractivity contribution in [2.75, 3.05) is 0 Å². The van der Waals surface area contributed by atoms with Gasteiger partial charge in [-0.1, -0.05) is 0 Å². The number of hydrogen-bond acceptors (Lipinski definition) is 2. The van der Waals surface area contributed by atoms with Crippen LogP contribution in [-0.2, 0) is 0 Å². The molecule has 2 aromatic rings. The SMILES string of the molecule is Cc1cc2scc(S)c2cc1I. The van der Waals surface area contributed by atoms with Gasteiger partial charge in [-0.25, -0.2) is 0 Å². The Morgan fingerprint density at radius 3 is 2.92 bits per heavy atom. The molecule has 3 heteroatoms. The molecule has 1 heterocycles. The molecule has 0 radical (unpaired) electrons. The van der Waals surface area contributed by atoms with Crippen LogP contribution in [0.15, 0.2) is 22.4 Å². The number of thiol groups is 1. The summed E-state index contributed by atoms with van der Waals surface area (Å²) in [7, 11) is 0. The van der Waals surface area contributed by atoms with Gasteiger partial charge in [0.05, 0.1) is 0 Å². The van der Waals surface area contributed by atoms with E-state index in [2.05, 4.69) is 59.7 Å². The molecular weight excluding hydrogens is 299 g/mol. The van der Waals surface area contributed by atoms with Gasteiger partial charge in [0.15, 0.2) is 0 Å². The molecule has 0 amide bonds. The minimum atomic E-state index is 1.09. The lowest BCUT2D eigenvalue weighted by molar-refractivity contribution is 1.46. The van der Waals surface area contributed by atoms with E-state index in [0.717, 1.165) is 4.90 Å². The first-order valence-electron chi connectivity index (χ1n) is 3.55. The largest absolute Gasteiger partial charge is 0.143 e. The maximum atomic E-state index is 4.39. The van der Waals surface area contributed by atoms with E-state index in [4.69, 9.17) is 0 Å². The highest BCUT2D eigenvalue weighted by Gasteiger charge is 2.03. The van der Waals surface area contributed by atoms with Crippen LogP contribution in [0.25, 0.3) is 10.1 Å². The summed E-state index contributed by atoms with van der Waals surface area (Å²) in [5, 5.41) is 3.36. The Kier molecular flexibility index (Phi) is 2.35. The number of rotatable bonds is 0. The van der Waals surface area contributed by atoms with Crippen molar-refractivity contribution in [2.24, 2.45) is 0 Å². The van der Waals surface area contributed by atoms with Gasteiger partial charge in [-0.2, -0.15) is 0 Å². The van der Waals surface area contributed by atoms with E-state index < -0.39 is 0 Å². The van der Waals surface area contributed by atoms with E-state index in [0.29, 0.717) is 0 Å². The number of thiophene rings is 1. The van der Waals surface area contributed by atoms with E-state index in [1.165, 1.54) is 19.2 Å². The molecule has 0 nitrogen and oxygen atoms in total. The molecule has 0 unspecified atom stereocenters. The van der Waals surface area contributed by atoms with Gasteiger partial charge in [-0.3, -0.25) is 0 Å². The fourth-order valence-electron chi connectivity index (χ4n) is 1.14. The third-order valence-corrected chi connectivity index (χ3v) is 4.49. The Morgan fingerprint density at radius 2 is 2.17 bits per heavy atom. The van der Waals surface area contributed by atoms with Crippen molar-refractivity contribution in [2.45, 2.75) is 11.8 Å². The zero-order valence-electron chi connectivity index (χ0n) is 6.47. The lowest BCUT2D eigenvalue weighted by Gasteiger charge is -1.97. The zero-order valence-corrected chi connectivity index (χ0v) is 10.3. The van der Waals surface area contributed by atoms with E-state index in [-0.39, 0.29) is 0 Å². The summed E-state index contributed by atoms with van der Waals surface area (Å²) in [5.74, 6) is 0. The van der Waals surface area contributed by atoms with Gasteiger partial charge in [0.2, 0.25) is 0 Å². The quantitative estimate of drug-likeness (QED) is 0.550. The van der Waals surface area contributed by atoms with E-state index in [1.807, 2.05) is 0 Å². The molecule has 0 N–H and O–H groups in total. The van der Waals surface area contributed by atoms with Crippen molar-refractivity contribution in [1.82, 2.24) is 0 Å². The molecule has 62 valence electrons. The Morgan fingerprint density at radius 1 is 1.42 bits per heavy atom. The van der Waals surface area contributed by atoms with Crippen LogP contribution < -0.4 is 0 Å². The first-order chi connectivity index (χ1) is 5.68. The van der Waals surface area contributed by atoms with Crippen LogP contribution in [0.1, 0.15) is 5.56 Å². The van der Waals surface area contributed by atoms with Crippen LogP contribution in [0.4, 0.5) is 0 Å². The predicted molar refractivity (Wildman–Crippen MR) is 66.5 cm³/mol. The third-order valence-electron chi connectivity index (χ3n) is 1.83. The molecule has 0 aliphatic rings. The fraction of sp³-hybridized carbons (Fsp3) is 0.111. The minimum absolute atomic E-state index is 1.09. The van der Waals surface area contributed by atoms with Crippen molar-refractivity contribution in [1.29, 1.82) is 0 Å². The lowest BCUT2D eigenvalue weighted by atomic mass is 10.2. The molecule has 0 atom stereocenters. The fourth-order valence-corrected chi connectivity index (χ4v) is 2.93. The van der Waals surface area contributed by atoms with Crippen LogP contribution >= 0.6 is 46.6 Å². The Labute approximate surface area is 94.5 Å². The second-order valence-electron chi connectivity index (χ2n) is 2.72. The van der Waals surface area contributed by atoms with Gasteiger partial charge in [0.1, 0.15) is 0 Å². The molecule has 0 bridgehead atoms. The highest BCUT2D eigenvalue weighted by atomic mass is 127. The smallest absolute Gasteiger partial charge is 0.0357 e. The minimum Gasteiger partial charge on any atom is -0.143 e. The van der Waals surface area contributed by atoms with Crippen molar-refractivity contribution < 1.29 is 0 Å². The number of hydrogen-bond donors (Lipinski definition) is 1. The van der Waals surface area contributed by atoms with Crippen LogP contribution in [0.5, 0.6) is 0 Å². The molecule has 0 fully saturated rings. The first-order valence-corrected chi connectivity index (χ1v) is 5.95. The maximum absolute atomic E-state index is 4.39. The summed E-state index contributed by atoms with van der Waals surface area (Å²) in [4.78, 5) is 1.09. The Balaban J connectivity index is 2.87. The predicted octanol–water partition coefficient (Wildman–Crippen LogP) is 4.10. The number of fused-ring (bicyclic) bond motifs is 1. The summed E-state index contributed by atoms with van der Waals surface area (Å²) in [6.45, 7) is 2.14. The molecule has 0 aliphatic carbocycles. The summed E-state index contributed by atoms with van der Waals surface area (Å²) < 4.78 is 2.65. The normalized spacial score (nSPS) is 10.9. The van der Waals surface area contributed by atoms with E-state index in [9.17, 15) is 0 Å². The molecule has 0 saturated heterocycles. The van der Waals surface area contributed by atoms with Crippen LogP contribution in [-0.4, -0.2) is 0 Å². The molecule has 1 aromatic heterocycles. The molecule has 1 aromatic carbocycles. The summed E-state index contributed by atoms with van der Waals surface area (Å²) >= 11 is 8.50. The molecular formula is C9H7IS2. The highest BCUT2D eigenvalue weighted by Crippen LogP contribution is 2.31. The van der Waals surface area contributed by atoms with Crippen LogP contribution in [0.3, 0.4) is 0 Å². The third kappa shape index (κ3) is 1.38. The molecule has 0 aliphatic heterocycles. The number of aryl methyl sites for hydroxylation is 1. The number of benzene rings is 1. The molecule has 0 saturated carbocycles. The van der Waals surface area contributed by atoms with Gasteiger partial charge in [0.25, 0.3) is 0 Å². The highest BCUT2D eigenvalue weighted by molar-refractivity contribution is 14.1. The second kappa shape index (κ2) is 3.20. The summed E-state index contributed by atoms with van der Waals surface area (Å²) in [6, 6.07) is 4.42. The summed E-state index contributed by atoms with van der Waals surface area (Å²) in [6.07, 6.45) is 0. The zero-order chi connectivity index (χ0) is 8.72. The molecule has 0 spiro atoms. The van der Waals surface area contributed by atoms with Crippen molar-refractivity contribution >= 4 is 56.6 Å². The standard InChI is InChI=1S/C9H7IS2/c1-5-2-9-6(3-7(5)10)8(11)4-12-9/h2-4,11H,1H3. The van der Waals surface area contributed by atoms with Gasteiger partial charge in [-0.05, 0) is 47.2 Å². The average Bonchev–Trinajstić information content (AvgIpc) is 2.35. The van der Waals surface area contributed by atoms with E-state index >= 15 is 0 Å². The maximum Gasteiger partial charge on any atom is 0.0357 e. The average molecular weight is 306 g/mol. The molecule has 2 rings (SSSR count). The topological polar surface area (TPSA) is 0 Å². The summed E-state index contributed by atoms with van der Waals surface area (Å²) in [5.41, 5.74) is 1.35. The van der Waals surface area contributed by atoms with Gasteiger partial charge >= 0.3 is 0 Å². The van der Waals surface area contributed by atoms with Gasteiger partial charge in [0, 0.05) is 23.9 Å². The first kappa shape index (κ1) is 8.84. The van der Waals surface area contributed by atoms with Crippen molar-refractivity contribution in [3.05, 3.63) is 26.6 Å². The monoisotopic (exact) mass is 306 g/mol. The van der Waals surface area contributed by atoms with Gasteiger partial charge in [-0.15, -0.1) is 24.0 Å². The number of halogens is 1. The molecule has 12 heavy (non-hydrogen) atoms. The van der Waals surface area contributed by atoms with Crippen LogP contribution in [0, 0.1) is 10.5 Å². The van der Waals surface area contributed by atoms with Crippen molar-refractivity contribution in [3.8, 4) is 0 Å². The second-order valence-corrected chi connectivity index (χ2v) is 5.27. The van der Waals surface area contributed by atoms with Crippen LogP contribution in [0.2, 0.25) is 0 Å². The van der Waals surface area contributed by atoms with Gasteiger partial charge < -0.3 is 0 Å². The Hall–Kier alpha value is 0.260. The van der Waals surface area contributed by atoms with Crippen molar-refractivity contribution in [3.63, 3.8) is 0 Å².